The van der Waals surface area contributed by atoms with E-state index in [0.717, 1.165) is 22.1 Å². The average molecular weight is 170 g/mol. The van der Waals surface area contributed by atoms with E-state index in [0.29, 0.717) is 0 Å². The summed E-state index contributed by atoms with van der Waals surface area (Å²) in [6.45, 7) is 0. The molecule has 3 rings (SSSR count). The molecule has 1 aromatic carbocycles. The minimum atomic E-state index is 0.804. The van der Waals surface area contributed by atoms with Gasteiger partial charge in [-0.3, -0.25) is 0 Å². The summed E-state index contributed by atoms with van der Waals surface area (Å²) in [7, 11) is 0. The van der Waals surface area contributed by atoms with E-state index in [-0.39, 0.29) is 0 Å². The predicted molar refractivity (Wildman–Crippen MR) is 49.3 cm³/mol. The Morgan fingerprint density at radius 3 is 1.85 bits per heavy atom. The Hall–Kier alpha value is -1.90. The van der Waals surface area contributed by atoms with Crippen LogP contribution in [0.5, 0.6) is 0 Å². The summed E-state index contributed by atoms with van der Waals surface area (Å²) in [5.74, 6) is 0. The zero-order valence-electron chi connectivity index (χ0n) is 6.77. The van der Waals surface area contributed by atoms with Gasteiger partial charge in [0.05, 0.1) is 11.0 Å². The molecule has 3 nitrogen and oxygen atoms in total. The van der Waals surface area contributed by atoms with Crippen molar-refractivity contribution in [1.29, 1.82) is 0 Å². The number of benzene rings is 1. The van der Waals surface area contributed by atoms with Crippen molar-refractivity contribution in [2.75, 3.05) is 0 Å². The first-order valence-corrected chi connectivity index (χ1v) is 4.02. The van der Waals surface area contributed by atoms with Crippen LogP contribution in [-0.2, 0) is 0 Å². The summed E-state index contributed by atoms with van der Waals surface area (Å²) in [4.78, 5) is 8.76. The van der Waals surface area contributed by atoms with Gasteiger partial charge in [-0.25, -0.2) is 9.97 Å². The summed E-state index contributed by atoms with van der Waals surface area (Å²) in [6, 6.07) is 7.77. The quantitative estimate of drug-likeness (QED) is 0.520. The van der Waals surface area contributed by atoms with Crippen molar-refractivity contribution in [3.8, 4) is 0 Å². The van der Waals surface area contributed by atoms with Crippen molar-refractivity contribution in [2.45, 2.75) is 0 Å². The Kier molecular flexibility index (Phi) is 1.16. The van der Waals surface area contributed by atoms with Crippen molar-refractivity contribution in [3.63, 3.8) is 0 Å². The predicted octanol–water partition coefficient (Wildman–Crippen LogP) is 2.38. The summed E-state index contributed by atoms with van der Waals surface area (Å²) < 4.78 is 5.01. The Morgan fingerprint density at radius 2 is 1.31 bits per heavy atom. The molecule has 0 unspecified atom stereocenters. The van der Waals surface area contributed by atoms with E-state index in [9.17, 15) is 0 Å². The van der Waals surface area contributed by atoms with Crippen LogP contribution in [0.3, 0.4) is 0 Å². The number of hydrogen-bond donors (Lipinski definition) is 0. The van der Waals surface area contributed by atoms with Gasteiger partial charge in [-0.2, -0.15) is 0 Å². The third-order valence-electron chi connectivity index (χ3n) is 1.99. The first kappa shape index (κ1) is 6.60. The molecule has 0 fully saturated rings. The second-order valence-corrected chi connectivity index (χ2v) is 2.85. The molecule has 0 bridgehead atoms. The molecular weight excluding hydrogens is 164 g/mol. The van der Waals surface area contributed by atoms with Crippen LogP contribution in [0.15, 0.2) is 41.2 Å². The van der Waals surface area contributed by atoms with Crippen LogP contribution >= 0.6 is 0 Å². The Morgan fingerprint density at radius 1 is 0.769 bits per heavy atom. The van der Waals surface area contributed by atoms with Crippen LogP contribution < -0.4 is 0 Å². The first-order valence-electron chi connectivity index (χ1n) is 4.02. The van der Waals surface area contributed by atoms with Gasteiger partial charge in [-0.05, 0) is 12.1 Å². The van der Waals surface area contributed by atoms with Crippen molar-refractivity contribution in [2.24, 2.45) is 0 Å². The highest BCUT2D eigenvalue weighted by Gasteiger charge is 2.00. The number of rotatable bonds is 0. The maximum absolute atomic E-state index is 5.01. The van der Waals surface area contributed by atoms with Crippen molar-refractivity contribution < 1.29 is 4.42 Å². The molecule has 0 N–H and O–H groups in total. The van der Waals surface area contributed by atoms with Gasteiger partial charge in [-0.1, -0.05) is 12.1 Å². The highest BCUT2D eigenvalue weighted by atomic mass is 16.3. The zero-order chi connectivity index (χ0) is 8.67. The molecule has 0 amide bonds. The number of furan rings is 1. The van der Waals surface area contributed by atoms with E-state index in [2.05, 4.69) is 9.97 Å². The van der Waals surface area contributed by atoms with Gasteiger partial charge in [0.25, 0.3) is 0 Å². The topological polar surface area (TPSA) is 38.9 Å². The van der Waals surface area contributed by atoms with Gasteiger partial charge in [-0.15, -0.1) is 0 Å². The summed E-state index contributed by atoms with van der Waals surface area (Å²) in [5, 5.41) is 0. The molecule has 0 aliphatic heterocycles. The third kappa shape index (κ3) is 0.902. The Bertz CT molecular complexity index is 521. The van der Waals surface area contributed by atoms with Crippen LogP contribution in [0.4, 0.5) is 0 Å². The zero-order valence-corrected chi connectivity index (χ0v) is 6.77. The van der Waals surface area contributed by atoms with Crippen LogP contribution in [-0.4, -0.2) is 9.97 Å². The molecule has 13 heavy (non-hydrogen) atoms. The second kappa shape index (κ2) is 2.29. The lowest BCUT2D eigenvalue weighted by atomic mass is 10.3. The van der Waals surface area contributed by atoms with E-state index in [1.54, 1.807) is 12.5 Å². The van der Waals surface area contributed by atoms with Crippen LogP contribution in [0, 0.1) is 0 Å². The lowest BCUT2D eigenvalue weighted by molar-refractivity contribution is 0.571. The number of aromatic nitrogens is 2. The fourth-order valence-electron chi connectivity index (χ4n) is 1.36. The van der Waals surface area contributed by atoms with Crippen molar-refractivity contribution >= 4 is 22.1 Å². The number of fused-ring (bicyclic) bond motifs is 2. The molecule has 0 spiro atoms. The molecule has 3 heteroatoms. The normalized spacial score (nSPS) is 11.1. The molecule has 0 saturated heterocycles. The van der Waals surface area contributed by atoms with Gasteiger partial charge in [0, 0.05) is 0 Å². The maximum Gasteiger partial charge on any atom is 0.128 e. The Balaban J connectivity index is 2.57. The van der Waals surface area contributed by atoms with Crippen molar-refractivity contribution in [1.82, 2.24) is 9.97 Å². The largest absolute Gasteiger partial charge is 0.468 e. The lowest BCUT2D eigenvalue weighted by Gasteiger charge is -1.93. The van der Waals surface area contributed by atoms with E-state index < -0.39 is 0 Å². The smallest absolute Gasteiger partial charge is 0.128 e. The summed E-state index contributed by atoms with van der Waals surface area (Å²) in [6.07, 6.45) is 3.21. The van der Waals surface area contributed by atoms with E-state index >= 15 is 0 Å². The number of hydrogen-bond acceptors (Lipinski definition) is 3. The van der Waals surface area contributed by atoms with Crippen LogP contribution in [0.25, 0.3) is 22.1 Å². The number of nitrogens with zero attached hydrogens (tertiary/aromatic N) is 2. The van der Waals surface area contributed by atoms with Crippen molar-refractivity contribution in [3.05, 3.63) is 36.8 Å². The lowest BCUT2D eigenvalue weighted by Crippen LogP contribution is -1.82. The average Bonchev–Trinajstić information content (AvgIpc) is 2.61. The number of para-hydroxylation sites is 2. The molecule has 0 aliphatic carbocycles. The monoisotopic (exact) mass is 170 g/mol. The molecule has 2 heterocycles. The second-order valence-electron chi connectivity index (χ2n) is 2.85. The third-order valence-corrected chi connectivity index (χ3v) is 1.99. The standard InChI is InChI=1S/C10H6N2O/c1-2-4-8-7(3-1)11-9-5-13-6-10(9)12-8/h1-6H. The molecule has 0 aliphatic rings. The van der Waals surface area contributed by atoms with Gasteiger partial charge >= 0.3 is 0 Å². The summed E-state index contributed by atoms with van der Waals surface area (Å²) in [5.41, 5.74) is 3.41. The highest BCUT2D eigenvalue weighted by Crippen LogP contribution is 2.15. The Labute approximate surface area is 74.0 Å². The maximum atomic E-state index is 5.01. The minimum Gasteiger partial charge on any atom is -0.468 e. The van der Waals surface area contributed by atoms with Gasteiger partial charge in [0.15, 0.2) is 0 Å². The molecule has 0 saturated carbocycles. The van der Waals surface area contributed by atoms with Crippen LogP contribution in [0.1, 0.15) is 0 Å². The molecular formula is C10H6N2O. The highest BCUT2D eigenvalue weighted by molar-refractivity contribution is 5.85. The molecule has 0 atom stereocenters. The van der Waals surface area contributed by atoms with Gasteiger partial charge in [0.1, 0.15) is 23.6 Å². The van der Waals surface area contributed by atoms with E-state index in [1.807, 2.05) is 24.3 Å². The molecule has 2 aromatic heterocycles. The first-order chi connectivity index (χ1) is 6.43. The van der Waals surface area contributed by atoms with Gasteiger partial charge < -0.3 is 4.42 Å². The fraction of sp³-hybridized carbons (Fsp3) is 0. The molecule has 62 valence electrons. The van der Waals surface area contributed by atoms with E-state index in [1.165, 1.54) is 0 Å². The molecule has 3 aromatic rings. The van der Waals surface area contributed by atoms with E-state index in [4.69, 9.17) is 4.42 Å². The summed E-state index contributed by atoms with van der Waals surface area (Å²) >= 11 is 0. The fourth-order valence-corrected chi connectivity index (χ4v) is 1.36. The van der Waals surface area contributed by atoms with Crippen LogP contribution in [0.2, 0.25) is 0 Å². The molecule has 0 radical (unpaired) electrons. The minimum absolute atomic E-state index is 0.804. The SMILES string of the molecule is c1ccc2nc3cocc3nc2c1. The van der Waals surface area contributed by atoms with Gasteiger partial charge in [0.2, 0.25) is 0 Å².